The fourth-order valence-corrected chi connectivity index (χ4v) is 3.07. The highest BCUT2D eigenvalue weighted by Crippen LogP contribution is 2.17. The Bertz CT molecular complexity index is 361. The third-order valence-corrected chi connectivity index (χ3v) is 4.07. The van der Waals surface area contributed by atoms with E-state index in [9.17, 15) is 0 Å². The summed E-state index contributed by atoms with van der Waals surface area (Å²) in [6.45, 7) is 10.3. The zero-order valence-electron chi connectivity index (χ0n) is 12.6. The summed E-state index contributed by atoms with van der Waals surface area (Å²) in [6.07, 6.45) is 2.51. The number of nitrogens with zero attached hydrogens (tertiary/aromatic N) is 1. The van der Waals surface area contributed by atoms with Crippen LogP contribution in [0.25, 0.3) is 0 Å². The van der Waals surface area contributed by atoms with Crippen LogP contribution in [-0.4, -0.2) is 30.1 Å². The van der Waals surface area contributed by atoms with Crippen LogP contribution in [0.5, 0.6) is 0 Å². The van der Waals surface area contributed by atoms with Crippen molar-refractivity contribution in [3.05, 3.63) is 35.9 Å². The third-order valence-electron chi connectivity index (χ3n) is 4.07. The Kier molecular flexibility index (Phi) is 5.41. The van der Waals surface area contributed by atoms with Crippen LogP contribution in [0.4, 0.5) is 0 Å². The first kappa shape index (κ1) is 14.5. The summed E-state index contributed by atoms with van der Waals surface area (Å²) in [7, 11) is 0. The van der Waals surface area contributed by atoms with Crippen molar-refractivity contribution < 1.29 is 0 Å². The van der Waals surface area contributed by atoms with Gasteiger partial charge in [0.2, 0.25) is 0 Å². The molecule has 2 atom stereocenters. The van der Waals surface area contributed by atoms with Crippen molar-refractivity contribution in [2.45, 2.75) is 52.2 Å². The second kappa shape index (κ2) is 7.06. The molecule has 2 unspecified atom stereocenters. The standard InChI is InChI=1S/C17H28N2/c1-4-17-11-18-16(10-14(2)3)13-19(17)12-15-8-6-5-7-9-15/h5-9,14,16-18H,4,10-13H2,1-3H3. The van der Waals surface area contributed by atoms with Gasteiger partial charge >= 0.3 is 0 Å². The molecule has 1 heterocycles. The van der Waals surface area contributed by atoms with Gasteiger partial charge in [-0.1, -0.05) is 51.1 Å². The maximum Gasteiger partial charge on any atom is 0.0237 e. The number of rotatable bonds is 5. The highest BCUT2D eigenvalue weighted by atomic mass is 15.2. The monoisotopic (exact) mass is 260 g/mol. The normalized spacial score (nSPS) is 24.8. The highest BCUT2D eigenvalue weighted by molar-refractivity contribution is 5.14. The van der Waals surface area contributed by atoms with Crippen LogP contribution in [0, 0.1) is 5.92 Å². The zero-order chi connectivity index (χ0) is 13.7. The third kappa shape index (κ3) is 4.32. The quantitative estimate of drug-likeness (QED) is 0.874. The minimum Gasteiger partial charge on any atom is -0.311 e. The van der Waals surface area contributed by atoms with E-state index in [0.717, 1.165) is 19.0 Å². The molecule has 2 nitrogen and oxygen atoms in total. The summed E-state index contributed by atoms with van der Waals surface area (Å²) in [6, 6.07) is 12.2. The first-order chi connectivity index (χ1) is 9.19. The van der Waals surface area contributed by atoms with E-state index < -0.39 is 0 Å². The second-order valence-electron chi connectivity index (χ2n) is 6.21. The van der Waals surface area contributed by atoms with Crippen LogP contribution in [-0.2, 0) is 6.54 Å². The maximum atomic E-state index is 3.73. The highest BCUT2D eigenvalue weighted by Gasteiger charge is 2.26. The molecule has 0 saturated carbocycles. The van der Waals surface area contributed by atoms with Gasteiger partial charge in [0.1, 0.15) is 0 Å². The molecule has 2 heteroatoms. The molecule has 1 saturated heterocycles. The van der Waals surface area contributed by atoms with Gasteiger partial charge in [0.25, 0.3) is 0 Å². The van der Waals surface area contributed by atoms with Crippen LogP contribution in [0.2, 0.25) is 0 Å². The Morgan fingerprint density at radius 1 is 1.26 bits per heavy atom. The SMILES string of the molecule is CCC1CNC(CC(C)C)CN1Cc1ccccc1. The lowest BCUT2D eigenvalue weighted by molar-refractivity contribution is 0.111. The smallest absolute Gasteiger partial charge is 0.0237 e. The summed E-state index contributed by atoms with van der Waals surface area (Å²) < 4.78 is 0. The van der Waals surface area contributed by atoms with Crippen molar-refractivity contribution in [2.75, 3.05) is 13.1 Å². The van der Waals surface area contributed by atoms with E-state index in [2.05, 4.69) is 61.3 Å². The van der Waals surface area contributed by atoms with E-state index in [0.29, 0.717) is 12.1 Å². The largest absolute Gasteiger partial charge is 0.311 e. The zero-order valence-corrected chi connectivity index (χ0v) is 12.6. The molecule has 1 aliphatic rings. The minimum atomic E-state index is 0.659. The van der Waals surface area contributed by atoms with Gasteiger partial charge < -0.3 is 5.32 Å². The Labute approximate surface area is 118 Å². The molecular weight excluding hydrogens is 232 g/mol. The molecule has 1 N–H and O–H groups in total. The Morgan fingerprint density at radius 2 is 2.00 bits per heavy atom. The maximum absolute atomic E-state index is 3.73. The molecule has 19 heavy (non-hydrogen) atoms. The van der Waals surface area contributed by atoms with E-state index >= 15 is 0 Å². The number of nitrogens with one attached hydrogen (secondary N) is 1. The first-order valence-electron chi connectivity index (χ1n) is 7.70. The predicted octanol–water partition coefficient (Wildman–Crippen LogP) is 3.29. The lowest BCUT2D eigenvalue weighted by Crippen LogP contribution is -2.56. The minimum absolute atomic E-state index is 0.659. The average Bonchev–Trinajstić information content (AvgIpc) is 2.39. The van der Waals surface area contributed by atoms with E-state index in [1.807, 2.05) is 0 Å². The van der Waals surface area contributed by atoms with E-state index in [1.165, 1.54) is 24.9 Å². The predicted molar refractivity (Wildman–Crippen MR) is 82.2 cm³/mol. The molecule has 0 radical (unpaired) electrons. The fraction of sp³-hybridized carbons (Fsp3) is 0.647. The summed E-state index contributed by atoms with van der Waals surface area (Å²) >= 11 is 0. The van der Waals surface area contributed by atoms with Gasteiger partial charge in [-0.05, 0) is 24.3 Å². The summed E-state index contributed by atoms with van der Waals surface area (Å²) in [5.74, 6) is 0.772. The van der Waals surface area contributed by atoms with Crippen molar-refractivity contribution in [1.82, 2.24) is 10.2 Å². The molecule has 1 fully saturated rings. The summed E-state index contributed by atoms with van der Waals surface area (Å²) in [5, 5.41) is 3.73. The van der Waals surface area contributed by atoms with E-state index in [1.54, 1.807) is 0 Å². The van der Waals surface area contributed by atoms with Crippen LogP contribution < -0.4 is 5.32 Å². The van der Waals surface area contributed by atoms with Gasteiger partial charge in [-0.3, -0.25) is 4.90 Å². The second-order valence-corrected chi connectivity index (χ2v) is 6.21. The molecule has 0 amide bonds. The van der Waals surface area contributed by atoms with Crippen LogP contribution in [0.15, 0.2) is 30.3 Å². The number of piperazine rings is 1. The van der Waals surface area contributed by atoms with Gasteiger partial charge in [-0.15, -0.1) is 0 Å². The van der Waals surface area contributed by atoms with E-state index in [4.69, 9.17) is 0 Å². The Hall–Kier alpha value is -0.860. The lowest BCUT2D eigenvalue weighted by atomic mass is 9.98. The Morgan fingerprint density at radius 3 is 2.63 bits per heavy atom. The molecular formula is C17H28N2. The summed E-state index contributed by atoms with van der Waals surface area (Å²) in [4.78, 5) is 2.67. The van der Waals surface area contributed by atoms with Gasteiger partial charge in [0, 0.05) is 31.7 Å². The molecule has 2 rings (SSSR count). The molecule has 1 aromatic rings. The molecule has 1 aliphatic heterocycles. The molecule has 0 aliphatic carbocycles. The van der Waals surface area contributed by atoms with Crippen LogP contribution >= 0.6 is 0 Å². The molecule has 0 spiro atoms. The lowest BCUT2D eigenvalue weighted by Gasteiger charge is -2.40. The Balaban J connectivity index is 1.97. The molecule has 0 aromatic heterocycles. The molecule has 1 aromatic carbocycles. The number of hydrogen-bond acceptors (Lipinski definition) is 2. The van der Waals surface area contributed by atoms with Gasteiger partial charge in [0.15, 0.2) is 0 Å². The van der Waals surface area contributed by atoms with Crippen molar-refractivity contribution in [2.24, 2.45) is 5.92 Å². The van der Waals surface area contributed by atoms with Crippen LogP contribution in [0.3, 0.4) is 0 Å². The van der Waals surface area contributed by atoms with Crippen molar-refractivity contribution in [3.63, 3.8) is 0 Å². The van der Waals surface area contributed by atoms with Gasteiger partial charge in [-0.25, -0.2) is 0 Å². The molecule has 106 valence electrons. The summed E-state index contributed by atoms with van der Waals surface area (Å²) in [5.41, 5.74) is 1.44. The number of hydrogen-bond donors (Lipinski definition) is 1. The fourth-order valence-electron chi connectivity index (χ4n) is 3.07. The van der Waals surface area contributed by atoms with Crippen molar-refractivity contribution in [3.8, 4) is 0 Å². The van der Waals surface area contributed by atoms with Crippen LogP contribution in [0.1, 0.15) is 39.2 Å². The van der Waals surface area contributed by atoms with E-state index in [-0.39, 0.29) is 0 Å². The van der Waals surface area contributed by atoms with Gasteiger partial charge in [0.05, 0.1) is 0 Å². The van der Waals surface area contributed by atoms with Crippen molar-refractivity contribution >= 4 is 0 Å². The number of benzene rings is 1. The van der Waals surface area contributed by atoms with Crippen molar-refractivity contribution in [1.29, 1.82) is 0 Å². The topological polar surface area (TPSA) is 15.3 Å². The van der Waals surface area contributed by atoms with Gasteiger partial charge in [-0.2, -0.15) is 0 Å². The first-order valence-corrected chi connectivity index (χ1v) is 7.70. The molecule has 0 bridgehead atoms. The average molecular weight is 260 g/mol.